The predicted octanol–water partition coefficient (Wildman–Crippen LogP) is 3.94. The third-order valence-corrected chi connectivity index (χ3v) is 3.45. The van der Waals surface area contributed by atoms with Gasteiger partial charge in [0.15, 0.2) is 5.78 Å². The lowest BCUT2D eigenvalue weighted by atomic mass is 9.97. The highest BCUT2D eigenvalue weighted by atomic mass is 16.3. The summed E-state index contributed by atoms with van der Waals surface area (Å²) in [6.45, 7) is 7.72. The molecule has 0 aliphatic rings. The minimum atomic E-state index is 0.135. The van der Waals surface area contributed by atoms with E-state index < -0.39 is 0 Å². The van der Waals surface area contributed by atoms with E-state index in [1.54, 1.807) is 0 Å². The second-order valence-electron chi connectivity index (χ2n) is 4.74. The van der Waals surface area contributed by atoms with E-state index in [1.807, 2.05) is 52.0 Å². The summed E-state index contributed by atoms with van der Waals surface area (Å²) >= 11 is 0. The highest BCUT2D eigenvalue weighted by Gasteiger charge is 2.18. The predicted molar refractivity (Wildman–Crippen MR) is 72.1 cm³/mol. The Hall–Kier alpha value is -1.83. The zero-order valence-corrected chi connectivity index (χ0v) is 11.3. The maximum Gasteiger partial charge on any atom is 0.171 e. The van der Waals surface area contributed by atoms with Crippen LogP contribution in [0.1, 0.15) is 38.6 Å². The molecule has 0 aliphatic carbocycles. The van der Waals surface area contributed by atoms with E-state index in [0.717, 1.165) is 33.8 Å². The van der Waals surface area contributed by atoms with Crippen molar-refractivity contribution < 1.29 is 9.21 Å². The Balaban J connectivity index is 2.31. The first kappa shape index (κ1) is 12.6. The number of ketones is 1. The van der Waals surface area contributed by atoms with Crippen LogP contribution in [0.2, 0.25) is 0 Å². The van der Waals surface area contributed by atoms with Gasteiger partial charge in [0.1, 0.15) is 11.5 Å². The standard InChI is InChI=1S/C16H18O2/c1-10-7-5-6-8-14(10)9-15(17)16-11(2)12(3)18-13(16)4/h5-8H,9H2,1-4H3. The zero-order chi connectivity index (χ0) is 13.3. The number of carbonyl (C=O) groups excluding carboxylic acids is 1. The molecule has 1 heterocycles. The average Bonchev–Trinajstić information content (AvgIpc) is 2.56. The molecular weight excluding hydrogens is 224 g/mol. The number of rotatable bonds is 3. The molecule has 0 spiro atoms. The average molecular weight is 242 g/mol. The SMILES string of the molecule is Cc1ccccc1CC(=O)c1c(C)oc(C)c1C. The molecule has 0 saturated heterocycles. The van der Waals surface area contributed by atoms with Crippen molar-refractivity contribution in [2.24, 2.45) is 0 Å². The van der Waals surface area contributed by atoms with Crippen molar-refractivity contribution in [1.29, 1.82) is 0 Å². The molecule has 2 aromatic rings. The molecule has 2 heteroatoms. The largest absolute Gasteiger partial charge is 0.466 e. The fourth-order valence-electron chi connectivity index (χ4n) is 2.27. The van der Waals surface area contributed by atoms with Crippen molar-refractivity contribution in [1.82, 2.24) is 0 Å². The molecule has 0 bridgehead atoms. The number of hydrogen-bond donors (Lipinski definition) is 0. The van der Waals surface area contributed by atoms with E-state index in [1.165, 1.54) is 0 Å². The number of furan rings is 1. The molecule has 0 saturated carbocycles. The molecule has 18 heavy (non-hydrogen) atoms. The third kappa shape index (κ3) is 2.23. The van der Waals surface area contributed by atoms with Crippen LogP contribution in [-0.4, -0.2) is 5.78 Å². The van der Waals surface area contributed by atoms with Crippen LogP contribution in [0, 0.1) is 27.7 Å². The Labute approximate surface area is 108 Å². The van der Waals surface area contributed by atoms with Crippen LogP contribution in [0.3, 0.4) is 0 Å². The Morgan fingerprint density at radius 1 is 1.06 bits per heavy atom. The van der Waals surface area contributed by atoms with E-state index in [4.69, 9.17) is 4.42 Å². The van der Waals surface area contributed by atoms with Gasteiger partial charge < -0.3 is 4.42 Å². The summed E-state index contributed by atoms with van der Waals surface area (Å²) in [4.78, 5) is 12.4. The molecule has 0 fully saturated rings. The second-order valence-corrected chi connectivity index (χ2v) is 4.74. The van der Waals surface area contributed by atoms with Gasteiger partial charge in [0.2, 0.25) is 0 Å². The summed E-state index contributed by atoms with van der Waals surface area (Å²) < 4.78 is 5.51. The summed E-state index contributed by atoms with van der Waals surface area (Å²) in [5.41, 5.74) is 3.95. The smallest absolute Gasteiger partial charge is 0.171 e. The van der Waals surface area contributed by atoms with Crippen LogP contribution in [-0.2, 0) is 6.42 Å². The van der Waals surface area contributed by atoms with Gasteiger partial charge in [0.05, 0.1) is 5.56 Å². The topological polar surface area (TPSA) is 30.2 Å². The van der Waals surface area contributed by atoms with Gasteiger partial charge in [-0.05, 0) is 38.8 Å². The molecule has 0 aliphatic heterocycles. The summed E-state index contributed by atoms with van der Waals surface area (Å²) in [6.07, 6.45) is 0.438. The number of carbonyl (C=O) groups is 1. The van der Waals surface area contributed by atoms with Gasteiger partial charge in [0.25, 0.3) is 0 Å². The van der Waals surface area contributed by atoms with Crippen LogP contribution in [0.25, 0.3) is 0 Å². The van der Waals surface area contributed by atoms with E-state index >= 15 is 0 Å². The van der Waals surface area contributed by atoms with Crippen molar-refractivity contribution in [2.45, 2.75) is 34.1 Å². The molecule has 2 nitrogen and oxygen atoms in total. The fraction of sp³-hybridized carbons (Fsp3) is 0.312. The van der Waals surface area contributed by atoms with Crippen molar-refractivity contribution in [3.8, 4) is 0 Å². The molecule has 0 N–H and O–H groups in total. The normalized spacial score (nSPS) is 10.7. The van der Waals surface area contributed by atoms with Gasteiger partial charge in [-0.2, -0.15) is 0 Å². The van der Waals surface area contributed by atoms with E-state index in [-0.39, 0.29) is 5.78 Å². The number of benzene rings is 1. The minimum absolute atomic E-state index is 0.135. The Morgan fingerprint density at radius 2 is 1.72 bits per heavy atom. The zero-order valence-electron chi connectivity index (χ0n) is 11.3. The van der Waals surface area contributed by atoms with E-state index in [2.05, 4.69) is 0 Å². The quantitative estimate of drug-likeness (QED) is 0.763. The van der Waals surface area contributed by atoms with Gasteiger partial charge in [-0.1, -0.05) is 24.3 Å². The van der Waals surface area contributed by atoms with Crippen molar-refractivity contribution >= 4 is 5.78 Å². The lowest BCUT2D eigenvalue weighted by Gasteiger charge is -2.05. The summed E-state index contributed by atoms with van der Waals surface area (Å²) in [5.74, 6) is 1.69. The minimum Gasteiger partial charge on any atom is -0.466 e. The van der Waals surface area contributed by atoms with Gasteiger partial charge >= 0.3 is 0 Å². The third-order valence-electron chi connectivity index (χ3n) is 3.45. The highest BCUT2D eigenvalue weighted by Crippen LogP contribution is 2.23. The number of hydrogen-bond acceptors (Lipinski definition) is 2. The summed E-state index contributed by atoms with van der Waals surface area (Å²) in [7, 11) is 0. The van der Waals surface area contributed by atoms with E-state index in [0.29, 0.717) is 6.42 Å². The van der Waals surface area contributed by atoms with Crippen LogP contribution in [0.4, 0.5) is 0 Å². The summed E-state index contributed by atoms with van der Waals surface area (Å²) in [5, 5.41) is 0. The first-order valence-corrected chi connectivity index (χ1v) is 6.15. The summed E-state index contributed by atoms with van der Waals surface area (Å²) in [6, 6.07) is 7.99. The van der Waals surface area contributed by atoms with Gasteiger partial charge in [-0.3, -0.25) is 4.79 Å². The van der Waals surface area contributed by atoms with Gasteiger partial charge in [-0.25, -0.2) is 0 Å². The van der Waals surface area contributed by atoms with Crippen LogP contribution in [0.5, 0.6) is 0 Å². The Morgan fingerprint density at radius 3 is 2.28 bits per heavy atom. The lowest BCUT2D eigenvalue weighted by Crippen LogP contribution is -2.06. The van der Waals surface area contributed by atoms with Crippen molar-refractivity contribution in [2.75, 3.05) is 0 Å². The molecule has 0 amide bonds. The molecule has 0 unspecified atom stereocenters. The van der Waals surface area contributed by atoms with Crippen LogP contribution >= 0.6 is 0 Å². The number of Topliss-reactive ketones (excluding diaryl/α,β-unsaturated/α-hetero) is 1. The molecule has 2 rings (SSSR count). The second kappa shape index (κ2) is 4.81. The number of aryl methyl sites for hydroxylation is 3. The first-order valence-electron chi connectivity index (χ1n) is 6.15. The monoisotopic (exact) mass is 242 g/mol. The lowest BCUT2D eigenvalue weighted by molar-refractivity contribution is 0.0991. The Bertz CT molecular complexity index is 591. The van der Waals surface area contributed by atoms with Crippen LogP contribution in [0.15, 0.2) is 28.7 Å². The molecule has 1 aromatic carbocycles. The molecule has 0 radical (unpaired) electrons. The van der Waals surface area contributed by atoms with Crippen molar-refractivity contribution in [3.05, 3.63) is 58.0 Å². The van der Waals surface area contributed by atoms with Gasteiger partial charge in [-0.15, -0.1) is 0 Å². The maximum atomic E-state index is 12.4. The maximum absolute atomic E-state index is 12.4. The van der Waals surface area contributed by atoms with Crippen LogP contribution < -0.4 is 0 Å². The molecule has 94 valence electrons. The fourth-order valence-corrected chi connectivity index (χ4v) is 2.27. The van der Waals surface area contributed by atoms with E-state index in [9.17, 15) is 4.79 Å². The highest BCUT2D eigenvalue weighted by molar-refractivity contribution is 6.00. The molecular formula is C16H18O2. The Kier molecular flexibility index (Phi) is 3.37. The molecule has 1 aromatic heterocycles. The van der Waals surface area contributed by atoms with Crippen molar-refractivity contribution in [3.63, 3.8) is 0 Å². The molecule has 0 atom stereocenters. The van der Waals surface area contributed by atoms with Gasteiger partial charge in [0, 0.05) is 12.0 Å². The first-order chi connectivity index (χ1) is 8.50.